The van der Waals surface area contributed by atoms with Crippen LogP contribution in [0.2, 0.25) is 0 Å². The molecule has 0 amide bonds. The van der Waals surface area contributed by atoms with E-state index in [0.717, 1.165) is 24.5 Å². The topological polar surface area (TPSA) is 21.7 Å². The van der Waals surface area contributed by atoms with Crippen LogP contribution in [0, 0.1) is 11.8 Å². The number of hydrogen-bond acceptors (Lipinski definition) is 3. The zero-order valence-electron chi connectivity index (χ0n) is 8.69. The van der Waals surface area contributed by atoms with E-state index in [0.29, 0.717) is 0 Å². The van der Waals surface area contributed by atoms with Crippen LogP contribution in [-0.4, -0.2) is 31.0 Å². The van der Waals surface area contributed by atoms with Crippen LogP contribution in [0.5, 0.6) is 0 Å². The summed E-state index contributed by atoms with van der Waals surface area (Å²) < 4.78 is 13.7. The highest BCUT2D eigenvalue weighted by Gasteiger charge is 2.49. The van der Waals surface area contributed by atoms with Crippen molar-refractivity contribution in [3.63, 3.8) is 0 Å². The van der Waals surface area contributed by atoms with Crippen LogP contribution >= 0.6 is 8.53 Å². The Kier molecular flexibility index (Phi) is 2.53. The zero-order chi connectivity index (χ0) is 9.54. The van der Waals surface area contributed by atoms with Crippen molar-refractivity contribution < 1.29 is 9.05 Å². The molecule has 4 heteroatoms. The summed E-state index contributed by atoms with van der Waals surface area (Å²) in [4.78, 5) is 0. The quantitative estimate of drug-likeness (QED) is 0.627. The van der Waals surface area contributed by atoms with E-state index in [1.54, 1.807) is 7.11 Å². The second-order valence-electron chi connectivity index (χ2n) is 4.61. The normalized spacial score (nSPS) is 51.6. The lowest BCUT2D eigenvalue weighted by Gasteiger charge is -2.33. The Bertz CT molecular complexity index is 226. The van der Waals surface area contributed by atoms with Gasteiger partial charge in [-0.2, -0.15) is 0 Å². The average Bonchev–Trinajstić information content (AvgIpc) is 2.55. The van der Waals surface area contributed by atoms with Gasteiger partial charge in [0.05, 0.1) is 6.61 Å². The van der Waals surface area contributed by atoms with Crippen molar-refractivity contribution in [3.05, 3.63) is 0 Å². The molecular formula is C10H18NO2P. The van der Waals surface area contributed by atoms with E-state index < -0.39 is 8.53 Å². The Morgan fingerprint density at radius 1 is 1.36 bits per heavy atom. The largest absolute Gasteiger partial charge is 0.325 e. The van der Waals surface area contributed by atoms with Gasteiger partial charge in [0.1, 0.15) is 0 Å². The molecule has 0 spiro atoms. The Morgan fingerprint density at radius 3 is 3.07 bits per heavy atom. The molecule has 1 saturated carbocycles. The molecule has 2 unspecified atom stereocenters. The molecule has 0 aromatic carbocycles. The minimum absolute atomic E-state index is 0.702. The molecule has 3 rings (SSSR count). The average molecular weight is 215 g/mol. The predicted molar refractivity (Wildman–Crippen MR) is 55.8 cm³/mol. The lowest BCUT2D eigenvalue weighted by molar-refractivity contribution is 0.171. The summed E-state index contributed by atoms with van der Waals surface area (Å²) in [5, 5.41) is 0. The maximum Gasteiger partial charge on any atom is 0.258 e. The van der Waals surface area contributed by atoms with Crippen molar-refractivity contribution in [1.82, 2.24) is 4.67 Å². The van der Waals surface area contributed by atoms with Crippen molar-refractivity contribution in [1.29, 1.82) is 0 Å². The second-order valence-corrected chi connectivity index (χ2v) is 6.23. The van der Waals surface area contributed by atoms with E-state index >= 15 is 0 Å². The SMILES string of the molecule is CO[P@]1OC[C@H]2CN1C1CCCC[C@@H]12. The van der Waals surface area contributed by atoms with Crippen LogP contribution in [0.1, 0.15) is 25.7 Å². The van der Waals surface area contributed by atoms with E-state index in [4.69, 9.17) is 9.05 Å². The lowest BCUT2D eigenvalue weighted by Crippen LogP contribution is -2.31. The van der Waals surface area contributed by atoms with Gasteiger partial charge < -0.3 is 9.05 Å². The first kappa shape index (κ1) is 9.53. The maximum atomic E-state index is 5.77. The molecule has 3 fully saturated rings. The third-order valence-corrected chi connectivity index (χ3v) is 5.52. The first-order chi connectivity index (χ1) is 6.90. The molecule has 5 atom stereocenters. The van der Waals surface area contributed by atoms with Gasteiger partial charge in [-0.1, -0.05) is 12.8 Å². The van der Waals surface area contributed by atoms with Gasteiger partial charge in [-0.05, 0) is 18.8 Å². The van der Waals surface area contributed by atoms with Crippen LogP contribution in [-0.2, 0) is 9.05 Å². The van der Waals surface area contributed by atoms with E-state index in [1.165, 1.54) is 32.2 Å². The Morgan fingerprint density at radius 2 is 2.21 bits per heavy atom. The number of hydrogen-bond donors (Lipinski definition) is 0. The molecule has 0 radical (unpaired) electrons. The van der Waals surface area contributed by atoms with Gasteiger partial charge in [-0.15, -0.1) is 0 Å². The number of nitrogens with zero attached hydrogens (tertiary/aromatic N) is 1. The van der Waals surface area contributed by atoms with Crippen LogP contribution in [0.3, 0.4) is 0 Å². The number of rotatable bonds is 1. The summed E-state index contributed by atoms with van der Waals surface area (Å²) in [7, 11) is 1.08. The Hall–Kier alpha value is 0.310. The van der Waals surface area contributed by atoms with E-state index in [1.807, 2.05) is 0 Å². The second kappa shape index (κ2) is 3.71. The predicted octanol–water partition coefficient (Wildman–Crippen LogP) is 2.38. The monoisotopic (exact) mass is 215 g/mol. The van der Waals surface area contributed by atoms with Crippen molar-refractivity contribution >= 4 is 8.53 Å². The Balaban J connectivity index is 1.81. The minimum Gasteiger partial charge on any atom is -0.325 e. The van der Waals surface area contributed by atoms with Crippen LogP contribution in [0.4, 0.5) is 0 Å². The zero-order valence-corrected chi connectivity index (χ0v) is 9.58. The highest BCUT2D eigenvalue weighted by Crippen LogP contribution is 2.57. The first-order valence-electron chi connectivity index (χ1n) is 5.64. The highest BCUT2D eigenvalue weighted by molar-refractivity contribution is 7.44. The van der Waals surface area contributed by atoms with Gasteiger partial charge in [-0.25, -0.2) is 4.67 Å². The molecule has 3 aliphatic rings. The summed E-state index contributed by atoms with van der Waals surface area (Å²) in [6.07, 6.45) is 5.61. The van der Waals surface area contributed by atoms with Crippen LogP contribution in [0.25, 0.3) is 0 Å². The van der Waals surface area contributed by atoms with Gasteiger partial charge in [-0.3, -0.25) is 0 Å². The smallest absolute Gasteiger partial charge is 0.258 e. The summed E-state index contributed by atoms with van der Waals surface area (Å²) >= 11 is 0. The number of fused-ring (bicyclic) bond motifs is 5. The van der Waals surface area contributed by atoms with Gasteiger partial charge >= 0.3 is 0 Å². The van der Waals surface area contributed by atoms with Crippen molar-refractivity contribution in [3.8, 4) is 0 Å². The van der Waals surface area contributed by atoms with Gasteiger partial charge in [0, 0.05) is 25.6 Å². The molecule has 1 aliphatic carbocycles. The molecular weight excluding hydrogens is 197 g/mol. The summed E-state index contributed by atoms with van der Waals surface area (Å²) in [6.45, 7) is 2.17. The third-order valence-electron chi connectivity index (χ3n) is 3.96. The summed E-state index contributed by atoms with van der Waals surface area (Å²) in [6, 6.07) is 0.780. The molecule has 2 heterocycles. The van der Waals surface area contributed by atoms with E-state index in [2.05, 4.69) is 4.67 Å². The summed E-state index contributed by atoms with van der Waals surface area (Å²) in [5.74, 6) is 1.71. The van der Waals surface area contributed by atoms with Crippen molar-refractivity contribution in [2.45, 2.75) is 31.7 Å². The molecule has 0 N–H and O–H groups in total. The van der Waals surface area contributed by atoms with E-state index in [-0.39, 0.29) is 0 Å². The van der Waals surface area contributed by atoms with Crippen LogP contribution in [0.15, 0.2) is 0 Å². The third kappa shape index (κ3) is 1.34. The molecule has 2 saturated heterocycles. The lowest BCUT2D eigenvalue weighted by atomic mass is 9.80. The van der Waals surface area contributed by atoms with Gasteiger partial charge in [0.2, 0.25) is 0 Å². The first-order valence-corrected chi connectivity index (χ1v) is 6.77. The molecule has 14 heavy (non-hydrogen) atoms. The highest BCUT2D eigenvalue weighted by atomic mass is 31.2. The molecule has 2 aliphatic heterocycles. The van der Waals surface area contributed by atoms with Gasteiger partial charge in [0.25, 0.3) is 8.53 Å². The maximum absolute atomic E-state index is 5.77. The fourth-order valence-corrected chi connectivity index (χ4v) is 4.98. The van der Waals surface area contributed by atoms with Crippen molar-refractivity contribution in [2.75, 3.05) is 20.3 Å². The van der Waals surface area contributed by atoms with Gasteiger partial charge in [0.15, 0.2) is 0 Å². The van der Waals surface area contributed by atoms with Crippen molar-refractivity contribution in [2.24, 2.45) is 11.8 Å². The minimum atomic E-state index is -0.702. The molecule has 3 nitrogen and oxygen atoms in total. The molecule has 80 valence electrons. The molecule has 0 aromatic rings. The molecule has 2 bridgehead atoms. The fraction of sp³-hybridized carbons (Fsp3) is 1.00. The summed E-state index contributed by atoms with van der Waals surface area (Å²) in [5.41, 5.74) is 0. The Labute approximate surface area is 86.7 Å². The van der Waals surface area contributed by atoms with Crippen LogP contribution < -0.4 is 0 Å². The molecule has 0 aromatic heterocycles. The standard InChI is InChI=1S/C10H18NO2P/c1-12-14-11-6-8(7-13-14)9-4-2-3-5-10(9)11/h8-10H,2-7H2,1H3/t8-,9-,10?,14-/m1/s1. The van der Waals surface area contributed by atoms with E-state index in [9.17, 15) is 0 Å². The fourth-order valence-electron chi connectivity index (χ4n) is 3.33.